The molecule has 3 N–H and O–H groups in total. The summed E-state index contributed by atoms with van der Waals surface area (Å²) in [5.74, 6) is 0.956. The quantitative estimate of drug-likeness (QED) is 0.718. The van der Waals surface area contributed by atoms with Crippen LogP contribution in [0.3, 0.4) is 0 Å². The maximum absolute atomic E-state index is 12.4. The molecule has 0 bridgehead atoms. The van der Waals surface area contributed by atoms with Gasteiger partial charge in [0.25, 0.3) is 0 Å². The molecular weight excluding hydrogens is 290 g/mol. The number of hydrogen-bond acceptors (Lipinski definition) is 5. The summed E-state index contributed by atoms with van der Waals surface area (Å²) in [6, 6.07) is 0. The van der Waals surface area contributed by atoms with E-state index < -0.39 is 10.0 Å². The number of likely N-dealkylation sites (N-methyl/N-ethyl adjacent to an activating group) is 1. The van der Waals surface area contributed by atoms with Crippen molar-refractivity contribution < 1.29 is 12.8 Å². The van der Waals surface area contributed by atoms with Gasteiger partial charge < -0.3 is 15.1 Å². The first-order chi connectivity index (χ1) is 9.87. The van der Waals surface area contributed by atoms with Gasteiger partial charge in [0.1, 0.15) is 16.4 Å². The SMILES string of the molecule is CCCN(CC)CCNS(=O)(=O)c1c(C)oc(C)c1CN. The van der Waals surface area contributed by atoms with E-state index >= 15 is 0 Å². The van der Waals surface area contributed by atoms with Crippen LogP contribution in [-0.4, -0.2) is 39.5 Å². The largest absolute Gasteiger partial charge is 0.465 e. The molecule has 0 unspecified atom stereocenters. The Kier molecular flexibility index (Phi) is 6.86. The van der Waals surface area contributed by atoms with Gasteiger partial charge >= 0.3 is 0 Å². The van der Waals surface area contributed by atoms with Crippen molar-refractivity contribution in [2.45, 2.75) is 45.6 Å². The van der Waals surface area contributed by atoms with Crippen molar-refractivity contribution >= 4 is 10.0 Å². The number of aryl methyl sites for hydroxylation is 2. The number of nitrogens with two attached hydrogens (primary N) is 1. The van der Waals surface area contributed by atoms with Crippen LogP contribution in [0.1, 0.15) is 37.4 Å². The first-order valence-corrected chi connectivity index (χ1v) is 8.86. The Morgan fingerprint density at radius 2 is 1.86 bits per heavy atom. The zero-order valence-corrected chi connectivity index (χ0v) is 14.2. The van der Waals surface area contributed by atoms with Crippen LogP contribution in [0.2, 0.25) is 0 Å². The van der Waals surface area contributed by atoms with Gasteiger partial charge in [0, 0.05) is 25.2 Å². The Balaban J connectivity index is 2.79. The molecule has 1 rings (SSSR count). The van der Waals surface area contributed by atoms with E-state index in [1.165, 1.54) is 0 Å². The number of hydrogen-bond donors (Lipinski definition) is 2. The van der Waals surface area contributed by atoms with E-state index in [0.717, 1.165) is 19.5 Å². The third-order valence-corrected chi connectivity index (χ3v) is 5.16. The van der Waals surface area contributed by atoms with Gasteiger partial charge in [-0.1, -0.05) is 13.8 Å². The fraction of sp³-hybridized carbons (Fsp3) is 0.714. The lowest BCUT2D eigenvalue weighted by atomic mass is 10.2. The predicted octanol–water partition coefficient (Wildman–Crippen LogP) is 1.37. The molecule has 122 valence electrons. The first kappa shape index (κ1) is 18.2. The van der Waals surface area contributed by atoms with E-state index in [-0.39, 0.29) is 11.4 Å². The van der Waals surface area contributed by atoms with Crippen molar-refractivity contribution in [1.29, 1.82) is 0 Å². The van der Waals surface area contributed by atoms with Crippen molar-refractivity contribution in [2.75, 3.05) is 26.2 Å². The molecule has 0 aliphatic carbocycles. The van der Waals surface area contributed by atoms with Gasteiger partial charge in [-0.25, -0.2) is 13.1 Å². The van der Waals surface area contributed by atoms with Crippen molar-refractivity contribution in [1.82, 2.24) is 9.62 Å². The van der Waals surface area contributed by atoms with Gasteiger partial charge in [0.15, 0.2) is 0 Å². The molecule has 0 aliphatic heterocycles. The summed E-state index contributed by atoms with van der Waals surface area (Å²) < 4.78 is 32.9. The molecule has 1 heterocycles. The molecule has 0 atom stereocenters. The fourth-order valence-corrected chi connectivity index (χ4v) is 3.93. The van der Waals surface area contributed by atoms with Gasteiger partial charge in [-0.3, -0.25) is 0 Å². The van der Waals surface area contributed by atoms with E-state index in [2.05, 4.69) is 23.5 Å². The third-order valence-electron chi connectivity index (χ3n) is 3.51. The van der Waals surface area contributed by atoms with E-state index in [1.807, 2.05) is 0 Å². The van der Waals surface area contributed by atoms with Crippen LogP contribution < -0.4 is 10.5 Å². The smallest absolute Gasteiger partial charge is 0.244 e. The summed E-state index contributed by atoms with van der Waals surface area (Å²) >= 11 is 0. The zero-order valence-electron chi connectivity index (χ0n) is 13.4. The minimum atomic E-state index is -3.58. The number of nitrogens with zero attached hydrogens (tertiary/aromatic N) is 1. The molecule has 0 amide bonds. The Bertz CT molecular complexity index is 552. The fourth-order valence-electron chi connectivity index (χ4n) is 2.45. The normalized spacial score (nSPS) is 12.3. The van der Waals surface area contributed by atoms with Crippen LogP contribution in [-0.2, 0) is 16.6 Å². The molecule has 0 saturated carbocycles. The van der Waals surface area contributed by atoms with Crippen LogP contribution >= 0.6 is 0 Å². The second-order valence-corrected chi connectivity index (χ2v) is 6.76. The Hall–Kier alpha value is -0.890. The van der Waals surface area contributed by atoms with Crippen LogP contribution in [0.5, 0.6) is 0 Å². The molecule has 7 heteroatoms. The standard InChI is InChI=1S/C14H27N3O3S/c1-5-8-17(6-2)9-7-16-21(18,19)14-12(4)20-11(3)13(14)10-15/h16H,5-10,15H2,1-4H3. The molecule has 0 fully saturated rings. The number of nitrogens with one attached hydrogen (secondary N) is 1. The topological polar surface area (TPSA) is 88.6 Å². The van der Waals surface area contributed by atoms with Crippen LogP contribution in [0.4, 0.5) is 0 Å². The van der Waals surface area contributed by atoms with Crippen molar-refractivity contribution in [3.8, 4) is 0 Å². The predicted molar refractivity (Wildman–Crippen MR) is 83.7 cm³/mol. The van der Waals surface area contributed by atoms with E-state index in [9.17, 15) is 8.42 Å². The highest BCUT2D eigenvalue weighted by molar-refractivity contribution is 7.89. The Morgan fingerprint density at radius 3 is 2.38 bits per heavy atom. The van der Waals surface area contributed by atoms with Crippen LogP contribution in [0.15, 0.2) is 9.31 Å². The lowest BCUT2D eigenvalue weighted by Crippen LogP contribution is -2.35. The number of rotatable bonds is 9. The van der Waals surface area contributed by atoms with E-state index in [4.69, 9.17) is 10.2 Å². The summed E-state index contributed by atoms with van der Waals surface area (Å²) in [6.07, 6.45) is 1.05. The molecular formula is C14H27N3O3S. The molecule has 0 spiro atoms. The van der Waals surface area contributed by atoms with Crippen molar-refractivity contribution in [3.63, 3.8) is 0 Å². The average Bonchev–Trinajstić information content (AvgIpc) is 2.72. The summed E-state index contributed by atoms with van der Waals surface area (Å²) in [7, 11) is -3.58. The molecule has 21 heavy (non-hydrogen) atoms. The lowest BCUT2D eigenvalue weighted by Gasteiger charge is -2.19. The second-order valence-electron chi connectivity index (χ2n) is 5.06. The lowest BCUT2D eigenvalue weighted by molar-refractivity contribution is 0.293. The maximum atomic E-state index is 12.4. The molecule has 1 aromatic heterocycles. The minimum Gasteiger partial charge on any atom is -0.465 e. The number of sulfonamides is 1. The minimum absolute atomic E-state index is 0.149. The Labute approximate surface area is 127 Å². The van der Waals surface area contributed by atoms with E-state index in [1.54, 1.807) is 13.8 Å². The molecule has 0 saturated heterocycles. The molecule has 1 aromatic rings. The maximum Gasteiger partial charge on any atom is 0.244 e. The highest BCUT2D eigenvalue weighted by Gasteiger charge is 2.25. The summed E-state index contributed by atoms with van der Waals surface area (Å²) in [4.78, 5) is 2.40. The Morgan fingerprint density at radius 1 is 1.19 bits per heavy atom. The monoisotopic (exact) mass is 317 g/mol. The van der Waals surface area contributed by atoms with Crippen LogP contribution in [0.25, 0.3) is 0 Å². The zero-order chi connectivity index (χ0) is 16.0. The van der Waals surface area contributed by atoms with Crippen molar-refractivity contribution in [2.24, 2.45) is 5.73 Å². The summed E-state index contributed by atoms with van der Waals surface area (Å²) in [5.41, 5.74) is 6.20. The van der Waals surface area contributed by atoms with Gasteiger partial charge in [-0.05, 0) is 33.4 Å². The van der Waals surface area contributed by atoms with Gasteiger partial charge in [-0.2, -0.15) is 0 Å². The second kappa shape index (κ2) is 7.93. The van der Waals surface area contributed by atoms with Crippen molar-refractivity contribution in [3.05, 3.63) is 17.1 Å². The number of furan rings is 1. The van der Waals surface area contributed by atoms with Gasteiger partial charge in [-0.15, -0.1) is 0 Å². The molecule has 0 radical (unpaired) electrons. The summed E-state index contributed by atoms with van der Waals surface area (Å²) in [6.45, 7) is 10.7. The van der Waals surface area contributed by atoms with Crippen LogP contribution in [0, 0.1) is 13.8 Å². The molecule has 0 aliphatic rings. The summed E-state index contributed by atoms with van der Waals surface area (Å²) in [5, 5.41) is 0. The molecule has 6 nitrogen and oxygen atoms in total. The average molecular weight is 317 g/mol. The first-order valence-electron chi connectivity index (χ1n) is 7.38. The highest BCUT2D eigenvalue weighted by atomic mass is 32.2. The van der Waals surface area contributed by atoms with E-state index in [0.29, 0.717) is 30.2 Å². The third kappa shape index (κ3) is 4.54. The molecule has 0 aromatic carbocycles. The highest BCUT2D eigenvalue weighted by Crippen LogP contribution is 2.25. The van der Waals surface area contributed by atoms with Gasteiger partial charge in [0.05, 0.1) is 0 Å². The van der Waals surface area contributed by atoms with Gasteiger partial charge in [0.2, 0.25) is 10.0 Å².